The molecule has 0 N–H and O–H groups in total. The molecule has 29 heavy (non-hydrogen) atoms. The number of halogens is 2. The van der Waals surface area contributed by atoms with E-state index in [1.165, 1.54) is 63.0 Å². The summed E-state index contributed by atoms with van der Waals surface area (Å²) in [6, 6.07) is 11.1. The van der Waals surface area contributed by atoms with Crippen LogP contribution in [0.2, 0.25) is 0 Å². The number of hydrogen-bond donors (Lipinski definition) is 0. The van der Waals surface area contributed by atoms with E-state index in [-0.39, 0.29) is 11.3 Å². The van der Waals surface area contributed by atoms with Crippen molar-refractivity contribution in [3.63, 3.8) is 0 Å². The van der Waals surface area contributed by atoms with Gasteiger partial charge in [-0.1, -0.05) is 57.4 Å². The molecule has 0 bridgehead atoms. The molecule has 3 rings (SSSR count). The molecule has 1 saturated carbocycles. The molecule has 0 aromatic heterocycles. The Hall–Kier alpha value is -1.90. The fraction of sp³-hybridized carbons (Fsp3) is 0.538. The number of rotatable bonds is 8. The van der Waals surface area contributed by atoms with Gasteiger partial charge >= 0.3 is 0 Å². The molecule has 2 aromatic carbocycles. The molecule has 0 atom stereocenters. The molecule has 1 aliphatic rings. The first-order chi connectivity index (χ1) is 14.0. The van der Waals surface area contributed by atoms with E-state index in [1.807, 2.05) is 12.1 Å². The van der Waals surface area contributed by atoms with Gasteiger partial charge in [0.15, 0.2) is 11.6 Å². The molecule has 0 heterocycles. The van der Waals surface area contributed by atoms with Gasteiger partial charge in [0.1, 0.15) is 0 Å². The molecular weight excluding hydrogens is 366 g/mol. The predicted octanol–water partition coefficient (Wildman–Crippen LogP) is 8.27. The quantitative estimate of drug-likeness (QED) is 0.405. The van der Waals surface area contributed by atoms with Gasteiger partial charge in [-0.05, 0) is 73.6 Å². The van der Waals surface area contributed by atoms with Crippen LogP contribution in [0.4, 0.5) is 8.78 Å². The Labute approximate surface area is 174 Å². The Morgan fingerprint density at radius 3 is 2.24 bits per heavy atom. The second kappa shape index (κ2) is 9.73. The SMILES string of the molecule is CCCCCC1(C)CCC(c2ccc(-c3ccc(OCC)c(F)c3F)cc2)CC1. The van der Waals surface area contributed by atoms with Crippen LogP contribution in [0.5, 0.6) is 5.75 Å². The molecular formula is C26H34F2O. The first-order valence-electron chi connectivity index (χ1n) is 11.2. The topological polar surface area (TPSA) is 9.23 Å². The van der Waals surface area contributed by atoms with Crippen molar-refractivity contribution in [2.45, 2.75) is 78.1 Å². The average molecular weight is 401 g/mol. The van der Waals surface area contributed by atoms with Gasteiger partial charge in [-0.2, -0.15) is 4.39 Å². The normalized spacial score (nSPS) is 21.9. The van der Waals surface area contributed by atoms with E-state index in [0.29, 0.717) is 23.5 Å². The molecule has 0 amide bonds. The molecule has 158 valence electrons. The lowest BCUT2D eigenvalue weighted by Gasteiger charge is -2.38. The standard InChI is InChI=1S/C26H34F2O/c1-4-6-7-16-26(3)17-14-20(15-18-26)19-8-10-21(11-9-19)22-12-13-23(29-5-2)25(28)24(22)27/h8-13,20H,4-7,14-18H2,1-3H3. The number of benzene rings is 2. The van der Waals surface area contributed by atoms with Crippen molar-refractivity contribution in [3.05, 3.63) is 53.6 Å². The Morgan fingerprint density at radius 2 is 1.62 bits per heavy atom. The van der Waals surface area contributed by atoms with Gasteiger partial charge in [-0.3, -0.25) is 0 Å². The fourth-order valence-corrected chi connectivity index (χ4v) is 4.66. The van der Waals surface area contributed by atoms with Crippen LogP contribution in [0.1, 0.15) is 83.6 Å². The van der Waals surface area contributed by atoms with Gasteiger partial charge in [0, 0.05) is 5.56 Å². The number of unbranched alkanes of at least 4 members (excludes halogenated alkanes) is 2. The highest BCUT2D eigenvalue weighted by Crippen LogP contribution is 2.46. The minimum atomic E-state index is -0.914. The fourth-order valence-electron chi connectivity index (χ4n) is 4.66. The van der Waals surface area contributed by atoms with Crippen LogP contribution in [0.25, 0.3) is 11.1 Å². The first-order valence-corrected chi connectivity index (χ1v) is 11.2. The second-order valence-corrected chi connectivity index (χ2v) is 8.84. The van der Waals surface area contributed by atoms with E-state index < -0.39 is 11.6 Å². The summed E-state index contributed by atoms with van der Waals surface area (Å²) in [6.07, 6.45) is 10.3. The maximum absolute atomic E-state index is 14.5. The van der Waals surface area contributed by atoms with Crippen molar-refractivity contribution in [2.75, 3.05) is 6.61 Å². The summed E-state index contributed by atoms with van der Waals surface area (Å²) < 4.78 is 33.8. The van der Waals surface area contributed by atoms with E-state index in [0.717, 1.165) is 0 Å². The molecule has 1 aliphatic carbocycles. The predicted molar refractivity (Wildman–Crippen MR) is 116 cm³/mol. The van der Waals surface area contributed by atoms with E-state index in [1.54, 1.807) is 13.0 Å². The molecule has 0 unspecified atom stereocenters. The summed E-state index contributed by atoms with van der Waals surface area (Å²) in [6.45, 7) is 6.77. The highest BCUT2D eigenvalue weighted by Gasteiger charge is 2.31. The number of ether oxygens (including phenoxy) is 1. The Morgan fingerprint density at radius 1 is 0.931 bits per heavy atom. The van der Waals surface area contributed by atoms with Crippen LogP contribution in [0, 0.1) is 17.0 Å². The zero-order chi connectivity index (χ0) is 20.9. The van der Waals surface area contributed by atoms with Gasteiger partial charge in [0.05, 0.1) is 6.61 Å². The Balaban J connectivity index is 1.66. The van der Waals surface area contributed by atoms with E-state index in [4.69, 9.17) is 4.74 Å². The molecule has 2 aromatic rings. The smallest absolute Gasteiger partial charge is 0.201 e. The van der Waals surface area contributed by atoms with Gasteiger partial charge in [0.2, 0.25) is 5.82 Å². The summed E-state index contributed by atoms with van der Waals surface area (Å²) in [5.41, 5.74) is 2.79. The zero-order valence-electron chi connectivity index (χ0n) is 18.1. The second-order valence-electron chi connectivity index (χ2n) is 8.84. The minimum Gasteiger partial charge on any atom is -0.491 e. The first kappa shape index (κ1) is 21.8. The molecule has 0 spiro atoms. The lowest BCUT2D eigenvalue weighted by molar-refractivity contribution is 0.178. The van der Waals surface area contributed by atoms with Crippen LogP contribution in [0.15, 0.2) is 36.4 Å². The summed E-state index contributed by atoms with van der Waals surface area (Å²) >= 11 is 0. The maximum atomic E-state index is 14.5. The molecule has 3 heteroatoms. The van der Waals surface area contributed by atoms with E-state index in [9.17, 15) is 8.78 Å². The van der Waals surface area contributed by atoms with Crippen molar-refractivity contribution >= 4 is 0 Å². The molecule has 0 aliphatic heterocycles. The van der Waals surface area contributed by atoms with Crippen molar-refractivity contribution in [2.24, 2.45) is 5.41 Å². The van der Waals surface area contributed by atoms with Crippen LogP contribution in [-0.4, -0.2) is 6.61 Å². The lowest BCUT2D eigenvalue weighted by atomic mass is 9.68. The van der Waals surface area contributed by atoms with Crippen LogP contribution < -0.4 is 4.74 Å². The van der Waals surface area contributed by atoms with Gasteiger partial charge < -0.3 is 4.74 Å². The van der Waals surface area contributed by atoms with Crippen LogP contribution in [-0.2, 0) is 0 Å². The monoisotopic (exact) mass is 400 g/mol. The minimum absolute atomic E-state index is 0.0328. The molecule has 1 nitrogen and oxygen atoms in total. The Bertz CT molecular complexity index is 789. The lowest BCUT2D eigenvalue weighted by Crippen LogP contribution is -2.23. The van der Waals surface area contributed by atoms with Crippen molar-refractivity contribution < 1.29 is 13.5 Å². The maximum Gasteiger partial charge on any atom is 0.201 e. The third-order valence-electron chi connectivity index (χ3n) is 6.62. The van der Waals surface area contributed by atoms with Gasteiger partial charge in [0.25, 0.3) is 0 Å². The third kappa shape index (κ3) is 5.18. The third-order valence-corrected chi connectivity index (χ3v) is 6.62. The van der Waals surface area contributed by atoms with Crippen LogP contribution >= 0.6 is 0 Å². The highest BCUT2D eigenvalue weighted by atomic mass is 19.2. The molecule has 0 saturated heterocycles. The zero-order valence-corrected chi connectivity index (χ0v) is 18.1. The molecule has 0 radical (unpaired) electrons. The molecule has 1 fully saturated rings. The highest BCUT2D eigenvalue weighted by molar-refractivity contribution is 5.65. The average Bonchev–Trinajstić information content (AvgIpc) is 2.73. The summed E-state index contributed by atoms with van der Waals surface area (Å²) in [5, 5.41) is 0. The summed E-state index contributed by atoms with van der Waals surface area (Å²) in [7, 11) is 0. The van der Waals surface area contributed by atoms with E-state index >= 15 is 0 Å². The summed E-state index contributed by atoms with van der Waals surface area (Å²) in [5.74, 6) is -1.22. The van der Waals surface area contributed by atoms with Gasteiger partial charge in [-0.15, -0.1) is 0 Å². The van der Waals surface area contributed by atoms with Crippen molar-refractivity contribution in [3.8, 4) is 16.9 Å². The summed E-state index contributed by atoms with van der Waals surface area (Å²) in [4.78, 5) is 0. The Kier molecular flexibility index (Phi) is 7.32. The van der Waals surface area contributed by atoms with Crippen LogP contribution in [0.3, 0.4) is 0 Å². The van der Waals surface area contributed by atoms with E-state index in [2.05, 4.69) is 26.0 Å². The number of hydrogen-bond acceptors (Lipinski definition) is 1. The van der Waals surface area contributed by atoms with Crippen molar-refractivity contribution in [1.29, 1.82) is 0 Å². The van der Waals surface area contributed by atoms with Crippen molar-refractivity contribution in [1.82, 2.24) is 0 Å². The largest absolute Gasteiger partial charge is 0.491 e. The van der Waals surface area contributed by atoms with Gasteiger partial charge in [-0.25, -0.2) is 4.39 Å².